The summed E-state index contributed by atoms with van der Waals surface area (Å²) in [6.07, 6.45) is 0.146. The minimum atomic E-state index is -0.533. The Labute approximate surface area is 150 Å². The number of nitrogens with zero attached hydrogens (tertiary/aromatic N) is 1. The van der Waals surface area contributed by atoms with Crippen LogP contribution in [0.5, 0.6) is 0 Å². The molecule has 0 radical (unpaired) electrons. The standard InChI is InChI=1S/C18H20Cl2N2O2/c19-12-2-4-17-15(8-12)16-9-13(20)3-5-18(16)22(17)11-14(24)10-21-6-1-7-23/h2-5,8-9,14,21,23-24H,1,6-7,10-11H2/t14-/m1/s1. The van der Waals surface area contributed by atoms with E-state index in [0.717, 1.165) is 21.8 Å². The highest BCUT2D eigenvalue weighted by molar-refractivity contribution is 6.33. The summed E-state index contributed by atoms with van der Waals surface area (Å²) in [5, 5.41) is 25.7. The molecular formula is C18H20Cl2N2O2. The number of hydrogen-bond acceptors (Lipinski definition) is 3. The molecule has 0 spiro atoms. The summed E-state index contributed by atoms with van der Waals surface area (Å²) < 4.78 is 2.09. The Kier molecular flexibility index (Phi) is 5.64. The molecule has 0 aliphatic heterocycles. The van der Waals surface area contributed by atoms with Crippen LogP contribution in [0.4, 0.5) is 0 Å². The van der Waals surface area contributed by atoms with Crippen LogP contribution in [0.15, 0.2) is 36.4 Å². The van der Waals surface area contributed by atoms with Crippen LogP contribution in [-0.4, -0.2) is 40.6 Å². The molecule has 0 bridgehead atoms. The van der Waals surface area contributed by atoms with E-state index in [-0.39, 0.29) is 6.61 Å². The van der Waals surface area contributed by atoms with E-state index < -0.39 is 6.10 Å². The highest BCUT2D eigenvalue weighted by Gasteiger charge is 2.14. The summed E-state index contributed by atoms with van der Waals surface area (Å²) >= 11 is 12.3. The zero-order valence-corrected chi connectivity index (χ0v) is 14.7. The summed E-state index contributed by atoms with van der Waals surface area (Å²) in [6, 6.07) is 11.5. The summed E-state index contributed by atoms with van der Waals surface area (Å²) in [7, 11) is 0. The molecule has 6 heteroatoms. The van der Waals surface area contributed by atoms with Gasteiger partial charge in [0.2, 0.25) is 0 Å². The van der Waals surface area contributed by atoms with Gasteiger partial charge in [-0.05, 0) is 49.4 Å². The van der Waals surface area contributed by atoms with Crippen LogP contribution < -0.4 is 5.32 Å². The topological polar surface area (TPSA) is 57.4 Å². The van der Waals surface area contributed by atoms with Gasteiger partial charge in [0.1, 0.15) is 0 Å². The van der Waals surface area contributed by atoms with Crippen molar-refractivity contribution in [3.63, 3.8) is 0 Å². The Morgan fingerprint density at radius 1 is 1.00 bits per heavy atom. The predicted molar refractivity (Wildman–Crippen MR) is 100 cm³/mol. The number of halogens is 2. The lowest BCUT2D eigenvalue weighted by molar-refractivity contribution is 0.153. The minimum Gasteiger partial charge on any atom is -0.396 e. The molecule has 1 atom stereocenters. The highest BCUT2D eigenvalue weighted by atomic mass is 35.5. The fraction of sp³-hybridized carbons (Fsp3) is 0.333. The number of benzene rings is 2. The first-order valence-corrected chi connectivity index (χ1v) is 8.72. The van der Waals surface area contributed by atoms with Gasteiger partial charge in [-0.3, -0.25) is 0 Å². The fourth-order valence-electron chi connectivity index (χ4n) is 2.99. The molecule has 4 nitrogen and oxygen atoms in total. The van der Waals surface area contributed by atoms with Gasteiger partial charge in [0, 0.05) is 45.0 Å². The van der Waals surface area contributed by atoms with Crippen molar-refractivity contribution in [1.82, 2.24) is 9.88 Å². The molecule has 3 N–H and O–H groups in total. The molecule has 1 heterocycles. The zero-order chi connectivity index (χ0) is 17.1. The van der Waals surface area contributed by atoms with E-state index >= 15 is 0 Å². The van der Waals surface area contributed by atoms with Crippen molar-refractivity contribution < 1.29 is 10.2 Å². The van der Waals surface area contributed by atoms with E-state index in [4.69, 9.17) is 28.3 Å². The molecule has 24 heavy (non-hydrogen) atoms. The molecule has 0 aliphatic rings. The van der Waals surface area contributed by atoms with Gasteiger partial charge in [-0.2, -0.15) is 0 Å². The van der Waals surface area contributed by atoms with Crippen molar-refractivity contribution in [2.75, 3.05) is 19.7 Å². The van der Waals surface area contributed by atoms with Crippen LogP contribution in [0, 0.1) is 0 Å². The van der Waals surface area contributed by atoms with E-state index in [0.29, 0.717) is 36.1 Å². The molecule has 3 rings (SSSR count). The molecule has 0 saturated heterocycles. The number of aliphatic hydroxyl groups excluding tert-OH is 2. The quantitative estimate of drug-likeness (QED) is 0.561. The molecule has 0 amide bonds. The maximum absolute atomic E-state index is 10.4. The van der Waals surface area contributed by atoms with Crippen molar-refractivity contribution in [3.8, 4) is 0 Å². The zero-order valence-electron chi connectivity index (χ0n) is 13.2. The first kappa shape index (κ1) is 17.5. The van der Waals surface area contributed by atoms with E-state index in [1.54, 1.807) is 0 Å². The van der Waals surface area contributed by atoms with Gasteiger partial charge in [-0.15, -0.1) is 0 Å². The summed E-state index contributed by atoms with van der Waals surface area (Å²) in [6.45, 7) is 1.78. The second-order valence-electron chi connectivity index (χ2n) is 5.87. The molecule has 128 valence electrons. The number of aromatic nitrogens is 1. The third-order valence-electron chi connectivity index (χ3n) is 4.07. The number of aliphatic hydroxyl groups is 2. The van der Waals surface area contributed by atoms with E-state index in [1.165, 1.54) is 0 Å². The van der Waals surface area contributed by atoms with Crippen LogP contribution in [0.3, 0.4) is 0 Å². The second kappa shape index (κ2) is 7.72. The van der Waals surface area contributed by atoms with Crippen LogP contribution in [0.25, 0.3) is 21.8 Å². The Hall–Kier alpha value is -1.30. The molecule has 1 aromatic heterocycles. The number of nitrogens with one attached hydrogen (secondary N) is 1. The number of fused-ring (bicyclic) bond motifs is 3. The molecule has 2 aromatic carbocycles. The lowest BCUT2D eigenvalue weighted by atomic mass is 10.1. The maximum Gasteiger partial charge on any atom is 0.0843 e. The summed E-state index contributed by atoms with van der Waals surface area (Å²) in [5.74, 6) is 0. The van der Waals surface area contributed by atoms with Crippen molar-refractivity contribution in [2.24, 2.45) is 0 Å². The van der Waals surface area contributed by atoms with Crippen molar-refractivity contribution in [1.29, 1.82) is 0 Å². The Morgan fingerprint density at radius 3 is 2.12 bits per heavy atom. The molecule has 3 aromatic rings. The summed E-state index contributed by atoms with van der Waals surface area (Å²) in [4.78, 5) is 0. The van der Waals surface area contributed by atoms with Gasteiger partial charge in [0.15, 0.2) is 0 Å². The lowest BCUT2D eigenvalue weighted by Crippen LogP contribution is -2.31. The lowest BCUT2D eigenvalue weighted by Gasteiger charge is -2.14. The predicted octanol–water partition coefficient (Wildman–Crippen LogP) is 3.43. The van der Waals surface area contributed by atoms with Gasteiger partial charge in [-0.25, -0.2) is 0 Å². The fourth-order valence-corrected chi connectivity index (χ4v) is 3.34. The minimum absolute atomic E-state index is 0.150. The smallest absolute Gasteiger partial charge is 0.0843 e. The van der Waals surface area contributed by atoms with Crippen LogP contribution >= 0.6 is 23.2 Å². The molecule has 0 aliphatic carbocycles. The number of hydrogen-bond donors (Lipinski definition) is 3. The van der Waals surface area contributed by atoms with E-state index in [9.17, 15) is 5.11 Å². The average molecular weight is 367 g/mol. The van der Waals surface area contributed by atoms with Gasteiger partial charge in [-0.1, -0.05) is 23.2 Å². The SMILES string of the molecule is OCCCNC[C@@H](O)Cn1c2ccc(Cl)cc2c2cc(Cl)ccc21. The first-order valence-electron chi connectivity index (χ1n) is 7.97. The second-order valence-corrected chi connectivity index (χ2v) is 6.74. The first-order chi connectivity index (χ1) is 11.6. The average Bonchev–Trinajstić information content (AvgIpc) is 2.84. The Morgan fingerprint density at radius 2 is 1.58 bits per heavy atom. The van der Waals surface area contributed by atoms with Gasteiger partial charge < -0.3 is 20.1 Å². The van der Waals surface area contributed by atoms with Crippen LogP contribution in [0.2, 0.25) is 10.0 Å². The van der Waals surface area contributed by atoms with Crippen LogP contribution in [0.1, 0.15) is 6.42 Å². The van der Waals surface area contributed by atoms with Gasteiger partial charge in [0.25, 0.3) is 0 Å². The molecule has 0 unspecified atom stereocenters. The summed E-state index contributed by atoms with van der Waals surface area (Å²) in [5.41, 5.74) is 2.04. The molecule has 0 fully saturated rings. The highest BCUT2D eigenvalue weighted by Crippen LogP contribution is 2.32. The third-order valence-corrected chi connectivity index (χ3v) is 4.54. The number of rotatable bonds is 7. The van der Waals surface area contributed by atoms with Gasteiger partial charge in [0.05, 0.1) is 12.6 Å². The third kappa shape index (κ3) is 3.68. The van der Waals surface area contributed by atoms with Gasteiger partial charge >= 0.3 is 0 Å². The van der Waals surface area contributed by atoms with E-state index in [1.807, 2.05) is 36.4 Å². The molecular weight excluding hydrogens is 347 g/mol. The van der Waals surface area contributed by atoms with Crippen molar-refractivity contribution in [3.05, 3.63) is 46.4 Å². The maximum atomic E-state index is 10.4. The van der Waals surface area contributed by atoms with Crippen LogP contribution in [-0.2, 0) is 6.54 Å². The Bertz CT molecular complexity index is 789. The molecule has 0 saturated carbocycles. The van der Waals surface area contributed by atoms with Crippen molar-refractivity contribution in [2.45, 2.75) is 19.1 Å². The monoisotopic (exact) mass is 366 g/mol. The van der Waals surface area contributed by atoms with E-state index in [2.05, 4.69) is 9.88 Å². The van der Waals surface area contributed by atoms with Crippen molar-refractivity contribution >= 4 is 45.0 Å². The largest absolute Gasteiger partial charge is 0.396 e. The normalized spacial score (nSPS) is 13.0. The Balaban J connectivity index is 1.93.